The maximum atomic E-state index is 5.82. The molecule has 2 aromatic heterocycles. The lowest BCUT2D eigenvalue weighted by Crippen LogP contribution is -2.05. The summed E-state index contributed by atoms with van der Waals surface area (Å²) in [6, 6.07) is 0. The van der Waals surface area contributed by atoms with Gasteiger partial charge in [-0.15, -0.1) is 0 Å². The molecule has 0 fully saturated rings. The van der Waals surface area contributed by atoms with Gasteiger partial charge in [0, 0.05) is 0 Å². The molecule has 0 aliphatic heterocycles. The first kappa shape index (κ1) is 10.6. The van der Waals surface area contributed by atoms with E-state index >= 15 is 0 Å². The van der Waals surface area contributed by atoms with Crippen LogP contribution in [0.5, 0.6) is 5.75 Å². The summed E-state index contributed by atoms with van der Waals surface area (Å²) < 4.78 is 9.65. The van der Waals surface area contributed by atoms with Crippen LogP contribution in [0.25, 0.3) is 0 Å². The second-order valence-electron chi connectivity index (χ2n) is 2.75. The van der Waals surface area contributed by atoms with Gasteiger partial charge >= 0.3 is 0 Å². The number of aromatic nitrogens is 4. The number of nitrogens with zero attached hydrogens (tertiary/aromatic N) is 4. The van der Waals surface area contributed by atoms with Crippen LogP contribution in [0.4, 0.5) is 5.82 Å². The van der Waals surface area contributed by atoms with E-state index in [1.807, 2.05) is 0 Å². The van der Waals surface area contributed by atoms with Crippen LogP contribution in [0.1, 0.15) is 5.82 Å². The SMILES string of the molecule is COc1c(Cl)ncnc1NCc1ncon1. The molecule has 0 saturated heterocycles. The normalized spacial score (nSPS) is 10.1. The number of anilines is 1. The molecule has 0 saturated carbocycles. The molecule has 0 amide bonds. The minimum absolute atomic E-state index is 0.244. The summed E-state index contributed by atoms with van der Waals surface area (Å²) >= 11 is 5.82. The van der Waals surface area contributed by atoms with Crippen LogP contribution >= 0.6 is 11.6 Å². The molecule has 0 unspecified atom stereocenters. The minimum atomic E-state index is 0.244. The van der Waals surface area contributed by atoms with Gasteiger partial charge in [-0.25, -0.2) is 9.97 Å². The highest BCUT2D eigenvalue weighted by atomic mass is 35.5. The number of hydrogen-bond donors (Lipinski definition) is 1. The number of halogens is 1. The Bertz CT molecular complexity index is 461. The van der Waals surface area contributed by atoms with Crippen LogP contribution in [0, 0.1) is 0 Å². The van der Waals surface area contributed by atoms with Crippen molar-refractivity contribution < 1.29 is 9.26 Å². The molecular weight excluding hydrogens is 234 g/mol. The Kier molecular flexibility index (Phi) is 3.16. The van der Waals surface area contributed by atoms with Gasteiger partial charge in [0.25, 0.3) is 0 Å². The standard InChI is InChI=1S/C8H8ClN5O2/c1-15-6-7(9)11-3-12-8(6)10-2-5-13-4-16-14-5/h3-4H,2H2,1H3,(H,10,11,12). The second kappa shape index (κ2) is 4.75. The molecule has 2 rings (SSSR count). The van der Waals surface area contributed by atoms with Crippen molar-refractivity contribution in [1.29, 1.82) is 0 Å². The van der Waals surface area contributed by atoms with E-state index in [0.29, 0.717) is 23.9 Å². The first-order chi connectivity index (χ1) is 7.81. The van der Waals surface area contributed by atoms with Gasteiger partial charge in [-0.1, -0.05) is 16.8 Å². The van der Waals surface area contributed by atoms with Gasteiger partial charge in [0.05, 0.1) is 13.7 Å². The highest BCUT2D eigenvalue weighted by molar-refractivity contribution is 6.31. The lowest BCUT2D eigenvalue weighted by Gasteiger charge is -2.08. The Morgan fingerprint density at radius 3 is 3.00 bits per heavy atom. The highest BCUT2D eigenvalue weighted by Gasteiger charge is 2.10. The maximum absolute atomic E-state index is 5.82. The molecule has 0 radical (unpaired) electrons. The second-order valence-corrected chi connectivity index (χ2v) is 3.11. The summed E-state index contributed by atoms with van der Waals surface area (Å²) in [5.74, 6) is 1.37. The van der Waals surface area contributed by atoms with Crippen LogP contribution < -0.4 is 10.1 Å². The number of methoxy groups -OCH3 is 1. The molecule has 0 spiro atoms. The van der Waals surface area contributed by atoms with Crippen molar-refractivity contribution in [3.05, 3.63) is 23.7 Å². The van der Waals surface area contributed by atoms with Gasteiger partial charge in [0.15, 0.2) is 22.5 Å². The van der Waals surface area contributed by atoms with E-state index in [4.69, 9.17) is 16.3 Å². The highest BCUT2D eigenvalue weighted by Crippen LogP contribution is 2.28. The van der Waals surface area contributed by atoms with Crippen LogP contribution in [0.15, 0.2) is 17.2 Å². The molecule has 84 valence electrons. The van der Waals surface area contributed by atoms with E-state index in [1.54, 1.807) is 0 Å². The average Bonchev–Trinajstić information content (AvgIpc) is 2.79. The predicted octanol–water partition coefficient (Wildman–Crippen LogP) is 1.13. The summed E-state index contributed by atoms with van der Waals surface area (Å²) in [5, 5.41) is 6.85. The van der Waals surface area contributed by atoms with Gasteiger partial charge in [-0.2, -0.15) is 4.98 Å². The third-order valence-electron chi connectivity index (χ3n) is 1.79. The molecule has 0 aliphatic carbocycles. The Labute approximate surface area is 95.8 Å². The van der Waals surface area contributed by atoms with E-state index in [-0.39, 0.29) is 5.15 Å². The van der Waals surface area contributed by atoms with E-state index in [9.17, 15) is 0 Å². The van der Waals surface area contributed by atoms with Gasteiger partial charge in [-0.3, -0.25) is 0 Å². The largest absolute Gasteiger partial charge is 0.490 e. The molecule has 0 aromatic carbocycles. The molecular formula is C8H8ClN5O2. The third kappa shape index (κ3) is 2.19. The Hall–Kier alpha value is -1.89. The third-order valence-corrected chi connectivity index (χ3v) is 2.05. The lowest BCUT2D eigenvalue weighted by atomic mass is 10.5. The van der Waals surface area contributed by atoms with Crippen molar-refractivity contribution >= 4 is 17.4 Å². The Morgan fingerprint density at radius 1 is 1.44 bits per heavy atom. The fourth-order valence-corrected chi connectivity index (χ4v) is 1.30. The van der Waals surface area contributed by atoms with Crippen molar-refractivity contribution in [2.24, 2.45) is 0 Å². The monoisotopic (exact) mass is 241 g/mol. The van der Waals surface area contributed by atoms with Crippen molar-refractivity contribution in [3.8, 4) is 5.75 Å². The molecule has 0 bridgehead atoms. The molecule has 8 heteroatoms. The minimum Gasteiger partial charge on any atom is -0.490 e. The van der Waals surface area contributed by atoms with Gasteiger partial charge in [0.2, 0.25) is 6.39 Å². The van der Waals surface area contributed by atoms with E-state index in [2.05, 4.69) is 29.9 Å². The zero-order valence-corrected chi connectivity index (χ0v) is 9.10. The van der Waals surface area contributed by atoms with Gasteiger partial charge in [0.1, 0.15) is 6.33 Å². The van der Waals surface area contributed by atoms with Crippen LogP contribution in [-0.4, -0.2) is 27.2 Å². The van der Waals surface area contributed by atoms with Crippen molar-refractivity contribution in [1.82, 2.24) is 20.1 Å². The zero-order chi connectivity index (χ0) is 11.4. The summed E-state index contributed by atoms with van der Waals surface area (Å²) in [4.78, 5) is 11.6. The number of ether oxygens (including phenoxy) is 1. The number of rotatable bonds is 4. The van der Waals surface area contributed by atoms with E-state index in [0.717, 1.165) is 0 Å². The van der Waals surface area contributed by atoms with Crippen molar-refractivity contribution in [3.63, 3.8) is 0 Å². The number of hydrogen-bond acceptors (Lipinski definition) is 7. The smallest absolute Gasteiger partial charge is 0.213 e. The Balaban J connectivity index is 2.12. The average molecular weight is 242 g/mol. The van der Waals surface area contributed by atoms with Gasteiger partial charge in [-0.05, 0) is 0 Å². The van der Waals surface area contributed by atoms with Crippen molar-refractivity contribution in [2.45, 2.75) is 6.54 Å². The summed E-state index contributed by atoms with van der Waals surface area (Å²) in [6.07, 6.45) is 2.59. The molecule has 2 heterocycles. The molecule has 0 atom stereocenters. The Morgan fingerprint density at radius 2 is 2.31 bits per heavy atom. The first-order valence-electron chi connectivity index (χ1n) is 4.35. The zero-order valence-electron chi connectivity index (χ0n) is 8.35. The van der Waals surface area contributed by atoms with Gasteiger partial charge < -0.3 is 14.6 Å². The predicted molar refractivity (Wildman–Crippen MR) is 55.2 cm³/mol. The summed E-state index contributed by atoms with van der Waals surface area (Å²) in [7, 11) is 1.49. The maximum Gasteiger partial charge on any atom is 0.213 e. The lowest BCUT2D eigenvalue weighted by molar-refractivity contribution is 0.409. The summed E-state index contributed by atoms with van der Waals surface area (Å²) in [5.41, 5.74) is 0. The number of nitrogens with one attached hydrogen (secondary N) is 1. The fraction of sp³-hybridized carbons (Fsp3) is 0.250. The topological polar surface area (TPSA) is 86.0 Å². The van der Waals surface area contributed by atoms with Crippen LogP contribution in [-0.2, 0) is 6.54 Å². The molecule has 2 aromatic rings. The van der Waals surface area contributed by atoms with Crippen molar-refractivity contribution in [2.75, 3.05) is 12.4 Å². The molecule has 7 nitrogen and oxygen atoms in total. The van der Waals surface area contributed by atoms with Crippen LogP contribution in [0.2, 0.25) is 5.15 Å². The van der Waals surface area contributed by atoms with E-state index in [1.165, 1.54) is 19.8 Å². The molecule has 0 aliphatic rings. The molecule has 1 N–H and O–H groups in total. The summed E-state index contributed by atoms with van der Waals surface area (Å²) in [6.45, 7) is 0.361. The van der Waals surface area contributed by atoms with Crippen LogP contribution in [0.3, 0.4) is 0 Å². The molecule has 16 heavy (non-hydrogen) atoms. The quantitative estimate of drug-likeness (QED) is 0.803. The van der Waals surface area contributed by atoms with E-state index < -0.39 is 0 Å². The fourth-order valence-electron chi connectivity index (χ4n) is 1.09. The first-order valence-corrected chi connectivity index (χ1v) is 4.72.